The van der Waals surface area contributed by atoms with Crippen LogP contribution in [0.25, 0.3) is 11.4 Å². The third kappa shape index (κ3) is 5.58. The molecule has 0 spiro atoms. The van der Waals surface area contributed by atoms with Crippen molar-refractivity contribution in [1.82, 2.24) is 25.3 Å². The number of carbonyl (C=O) groups excluding carboxylic acids is 1. The van der Waals surface area contributed by atoms with Gasteiger partial charge in [0, 0.05) is 24.6 Å². The van der Waals surface area contributed by atoms with Crippen LogP contribution >= 0.6 is 0 Å². The monoisotopic (exact) mass is 375 g/mol. The highest BCUT2D eigenvalue weighted by molar-refractivity contribution is 5.78. The van der Waals surface area contributed by atoms with E-state index >= 15 is 0 Å². The topological polar surface area (TPSA) is 74.5 Å². The normalized spacial score (nSPS) is 16.0. The van der Waals surface area contributed by atoms with Gasteiger partial charge in [0.25, 0.3) is 0 Å². The van der Waals surface area contributed by atoms with Gasteiger partial charge in [-0.05, 0) is 64.3 Å². The summed E-state index contributed by atoms with van der Waals surface area (Å²) in [5.41, 5.74) is 0.722. The molecule has 27 heavy (non-hydrogen) atoms. The average Bonchev–Trinajstić information content (AvgIpc) is 3.11. The van der Waals surface area contributed by atoms with E-state index in [0.29, 0.717) is 24.8 Å². The van der Waals surface area contributed by atoms with Crippen LogP contribution in [0, 0.1) is 11.7 Å². The smallest absolute Gasteiger partial charge is 0.241 e. The van der Waals surface area contributed by atoms with E-state index in [-0.39, 0.29) is 17.6 Å². The van der Waals surface area contributed by atoms with E-state index in [2.05, 4.69) is 20.4 Å². The molecule has 0 bridgehead atoms. The molecule has 2 aromatic rings. The van der Waals surface area contributed by atoms with Crippen molar-refractivity contribution in [3.8, 4) is 11.4 Å². The van der Waals surface area contributed by atoms with Crippen molar-refractivity contribution in [2.75, 3.05) is 40.3 Å². The second-order valence-corrected chi connectivity index (χ2v) is 7.16. The van der Waals surface area contributed by atoms with Crippen LogP contribution in [-0.4, -0.2) is 66.1 Å². The average molecular weight is 375 g/mol. The highest BCUT2D eigenvalue weighted by Crippen LogP contribution is 2.20. The lowest BCUT2D eigenvalue weighted by atomic mass is 9.96. The van der Waals surface area contributed by atoms with E-state index in [1.165, 1.54) is 12.1 Å². The zero-order valence-electron chi connectivity index (χ0n) is 15.8. The first-order chi connectivity index (χ1) is 13.0. The van der Waals surface area contributed by atoms with Gasteiger partial charge in [0.2, 0.25) is 17.6 Å². The highest BCUT2D eigenvalue weighted by atomic mass is 19.1. The minimum absolute atomic E-state index is 0.0703. The van der Waals surface area contributed by atoms with Crippen LogP contribution < -0.4 is 5.32 Å². The number of nitrogens with zero attached hydrogens (tertiary/aromatic N) is 4. The summed E-state index contributed by atoms with van der Waals surface area (Å²) < 4.78 is 18.3. The zero-order valence-corrected chi connectivity index (χ0v) is 15.8. The number of aromatic nitrogens is 2. The highest BCUT2D eigenvalue weighted by Gasteiger charge is 2.25. The molecule has 0 aliphatic carbocycles. The Morgan fingerprint density at radius 1 is 1.30 bits per heavy atom. The lowest BCUT2D eigenvalue weighted by molar-refractivity contribution is -0.126. The fraction of sp³-hybridized carbons (Fsp3) is 0.526. The van der Waals surface area contributed by atoms with Crippen LogP contribution in [0.2, 0.25) is 0 Å². The predicted octanol–water partition coefficient (Wildman–Crippen LogP) is 1.77. The second-order valence-electron chi connectivity index (χ2n) is 7.16. The standard InChI is InChI=1S/C19H26FN5O2/c1-24(2)12-9-21-19(26)15-7-10-25(11-8-15)13-17-22-18(23-27-17)14-3-5-16(20)6-4-14/h3-6,15H,7-13H2,1-2H3,(H,21,26). The molecule has 1 aromatic heterocycles. The molecular weight excluding hydrogens is 349 g/mol. The quantitative estimate of drug-likeness (QED) is 0.795. The molecule has 1 aromatic carbocycles. The van der Waals surface area contributed by atoms with Gasteiger partial charge >= 0.3 is 0 Å². The molecule has 1 aliphatic heterocycles. The molecule has 0 unspecified atom stereocenters. The van der Waals surface area contributed by atoms with Crippen LogP contribution in [0.4, 0.5) is 4.39 Å². The number of carbonyl (C=O) groups is 1. The van der Waals surface area contributed by atoms with E-state index < -0.39 is 0 Å². The van der Waals surface area contributed by atoms with Gasteiger partial charge < -0.3 is 14.7 Å². The van der Waals surface area contributed by atoms with Crippen LogP contribution in [0.1, 0.15) is 18.7 Å². The second kappa shape index (κ2) is 9.05. The summed E-state index contributed by atoms with van der Waals surface area (Å²) in [6, 6.07) is 6.01. The number of benzene rings is 1. The van der Waals surface area contributed by atoms with Crippen molar-refractivity contribution >= 4 is 5.91 Å². The van der Waals surface area contributed by atoms with Crippen molar-refractivity contribution in [1.29, 1.82) is 0 Å². The molecule has 0 atom stereocenters. The maximum Gasteiger partial charge on any atom is 0.241 e. The fourth-order valence-electron chi connectivity index (χ4n) is 3.13. The minimum Gasteiger partial charge on any atom is -0.355 e. The first-order valence-corrected chi connectivity index (χ1v) is 9.24. The molecule has 1 N–H and O–H groups in total. The number of likely N-dealkylation sites (N-methyl/N-ethyl adjacent to an activating group) is 1. The maximum absolute atomic E-state index is 13.0. The Morgan fingerprint density at radius 2 is 2.00 bits per heavy atom. The Hall–Kier alpha value is -2.32. The Balaban J connectivity index is 1.45. The lowest BCUT2D eigenvalue weighted by Gasteiger charge is -2.30. The number of likely N-dealkylation sites (tertiary alicyclic amines) is 1. The van der Waals surface area contributed by atoms with Crippen molar-refractivity contribution in [2.45, 2.75) is 19.4 Å². The number of nitrogens with one attached hydrogen (secondary N) is 1. The van der Waals surface area contributed by atoms with Crippen molar-refractivity contribution in [3.63, 3.8) is 0 Å². The molecule has 0 radical (unpaired) electrons. The van der Waals surface area contributed by atoms with E-state index in [1.54, 1.807) is 12.1 Å². The summed E-state index contributed by atoms with van der Waals surface area (Å²) in [7, 11) is 3.98. The van der Waals surface area contributed by atoms with Crippen LogP contribution in [0.5, 0.6) is 0 Å². The van der Waals surface area contributed by atoms with Gasteiger partial charge in [-0.25, -0.2) is 4.39 Å². The molecule has 1 aliphatic rings. The summed E-state index contributed by atoms with van der Waals surface area (Å²) in [6.45, 7) is 3.72. The Bertz CT molecular complexity index is 739. The Morgan fingerprint density at radius 3 is 2.67 bits per heavy atom. The van der Waals surface area contributed by atoms with Crippen LogP contribution in [0.3, 0.4) is 0 Å². The lowest BCUT2D eigenvalue weighted by Crippen LogP contribution is -2.41. The number of hydrogen-bond donors (Lipinski definition) is 1. The molecule has 8 heteroatoms. The summed E-state index contributed by atoms with van der Waals surface area (Å²) in [5, 5.41) is 6.98. The van der Waals surface area contributed by atoms with Crippen LogP contribution in [0.15, 0.2) is 28.8 Å². The molecule has 1 saturated heterocycles. The molecule has 2 heterocycles. The number of amides is 1. The molecule has 7 nitrogen and oxygen atoms in total. The third-order valence-corrected chi connectivity index (χ3v) is 4.75. The van der Waals surface area contributed by atoms with E-state index in [1.807, 2.05) is 19.0 Å². The summed E-state index contributed by atoms with van der Waals surface area (Å²) >= 11 is 0. The van der Waals surface area contributed by atoms with Gasteiger partial charge in [-0.15, -0.1) is 0 Å². The van der Waals surface area contributed by atoms with Crippen molar-refractivity contribution in [2.24, 2.45) is 5.92 Å². The predicted molar refractivity (Wildman–Crippen MR) is 99.3 cm³/mol. The van der Waals surface area contributed by atoms with Gasteiger partial charge in [0.1, 0.15) is 5.82 Å². The SMILES string of the molecule is CN(C)CCNC(=O)C1CCN(Cc2nc(-c3ccc(F)cc3)no2)CC1. The fourth-order valence-corrected chi connectivity index (χ4v) is 3.13. The van der Waals surface area contributed by atoms with Gasteiger partial charge in [-0.1, -0.05) is 5.16 Å². The summed E-state index contributed by atoms with van der Waals surface area (Å²) in [4.78, 5) is 20.9. The van der Waals surface area contributed by atoms with Crippen LogP contribution in [-0.2, 0) is 11.3 Å². The number of hydrogen-bond acceptors (Lipinski definition) is 6. The molecule has 0 saturated carbocycles. The molecule has 146 valence electrons. The van der Waals surface area contributed by atoms with E-state index in [0.717, 1.165) is 38.0 Å². The Labute approximate surface area is 158 Å². The van der Waals surface area contributed by atoms with Gasteiger partial charge in [0.15, 0.2) is 0 Å². The van der Waals surface area contributed by atoms with Crippen molar-refractivity contribution < 1.29 is 13.7 Å². The zero-order chi connectivity index (χ0) is 19.2. The minimum atomic E-state index is -0.295. The first kappa shape index (κ1) is 19.4. The number of rotatable bonds is 7. The maximum atomic E-state index is 13.0. The Kier molecular flexibility index (Phi) is 6.52. The number of halogens is 1. The molecule has 1 amide bonds. The van der Waals surface area contributed by atoms with E-state index in [4.69, 9.17) is 4.52 Å². The van der Waals surface area contributed by atoms with Gasteiger partial charge in [0.05, 0.1) is 6.54 Å². The van der Waals surface area contributed by atoms with Crippen molar-refractivity contribution in [3.05, 3.63) is 36.0 Å². The molecule has 1 fully saturated rings. The molecule has 3 rings (SSSR count). The molecular formula is C19H26FN5O2. The van der Waals surface area contributed by atoms with Gasteiger partial charge in [-0.3, -0.25) is 9.69 Å². The summed E-state index contributed by atoms with van der Waals surface area (Å²) in [5.74, 6) is 0.910. The van der Waals surface area contributed by atoms with E-state index in [9.17, 15) is 9.18 Å². The number of piperidine rings is 1. The summed E-state index contributed by atoms with van der Waals surface area (Å²) in [6.07, 6.45) is 1.65. The first-order valence-electron chi connectivity index (χ1n) is 9.24. The largest absolute Gasteiger partial charge is 0.355 e. The van der Waals surface area contributed by atoms with Gasteiger partial charge in [-0.2, -0.15) is 4.98 Å². The third-order valence-electron chi connectivity index (χ3n) is 4.75.